The van der Waals surface area contributed by atoms with E-state index in [9.17, 15) is 14.4 Å². The largest absolute Gasteiger partial charge is 0.378 e. The van der Waals surface area contributed by atoms with Crippen LogP contribution >= 0.6 is 0 Å². The first-order valence-corrected chi connectivity index (χ1v) is 9.33. The van der Waals surface area contributed by atoms with Crippen LogP contribution in [0, 0.1) is 11.8 Å². The van der Waals surface area contributed by atoms with Crippen LogP contribution in [-0.4, -0.2) is 48.8 Å². The van der Waals surface area contributed by atoms with Gasteiger partial charge in [0.1, 0.15) is 0 Å². The van der Waals surface area contributed by atoms with Gasteiger partial charge in [-0.15, -0.1) is 0 Å². The predicted molar refractivity (Wildman–Crippen MR) is 97.9 cm³/mol. The van der Waals surface area contributed by atoms with Crippen molar-refractivity contribution in [1.82, 2.24) is 4.90 Å². The summed E-state index contributed by atoms with van der Waals surface area (Å²) in [5.74, 6) is 0.194. The summed E-state index contributed by atoms with van der Waals surface area (Å²) in [4.78, 5) is 38.2. The zero-order valence-corrected chi connectivity index (χ0v) is 15.2. The average Bonchev–Trinajstić information content (AvgIpc) is 2.68. The minimum atomic E-state index is -0.0591. The number of nitrogens with zero attached hydrogens (tertiary/aromatic N) is 1. The molecule has 140 valence electrons. The Kier molecular flexibility index (Phi) is 6.04. The molecule has 1 saturated heterocycles. The van der Waals surface area contributed by atoms with Crippen molar-refractivity contribution in [1.29, 1.82) is 0 Å². The van der Waals surface area contributed by atoms with E-state index < -0.39 is 0 Å². The van der Waals surface area contributed by atoms with Gasteiger partial charge < -0.3 is 15.0 Å². The summed E-state index contributed by atoms with van der Waals surface area (Å²) in [6.07, 6.45) is 2.99. The molecule has 0 unspecified atom stereocenters. The van der Waals surface area contributed by atoms with Crippen LogP contribution in [0.3, 0.4) is 0 Å². The highest BCUT2D eigenvalue weighted by molar-refractivity contribution is 5.96. The van der Waals surface area contributed by atoms with Gasteiger partial charge in [0.2, 0.25) is 11.8 Å². The van der Waals surface area contributed by atoms with Gasteiger partial charge in [0.25, 0.3) is 0 Å². The van der Waals surface area contributed by atoms with Crippen LogP contribution in [0.5, 0.6) is 0 Å². The van der Waals surface area contributed by atoms with Crippen molar-refractivity contribution < 1.29 is 19.1 Å². The van der Waals surface area contributed by atoms with Crippen LogP contribution in [0.25, 0.3) is 0 Å². The molecule has 1 aliphatic heterocycles. The van der Waals surface area contributed by atoms with Crippen molar-refractivity contribution in [3.05, 3.63) is 29.8 Å². The van der Waals surface area contributed by atoms with Crippen molar-refractivity contribution in [2.24, 2.45) is 11.8 Å². The van der Waals surface area contributed by atoms with Crippen LogP contribution in [0.15, 0.2) is 24.3 Å². The van der Waals surface area contributed by atoms with Crippen LogP contribution in [0.2, 0.25) is 0 Å². The molecule has 3 rings (SSSR count). The minimum absolute atomic E-state index is 0.00199. The maximum atomic E-state index is 12.5. The SMILES string of the molecule is CC(=O)c1ccc(NC(=O)C2CCC(C(=O)N3CCOCC3)CC2)cc1. The summed E-state index contributed by atoms with van der Waals surface area (Å²) >= 11 is 0. The van der Waals surface area contributed by atoms with Crippen molar-refractivity contribution in [2.45, 2.75) is 32.6 Å². The van der Waals surface area contributed by atoms with Gasteiger partial charge in [-0.3, -0.25) is 14.4 Å². The third-order valence-electron chi connectivity index (χ3n) is 5.33. The average molecular weight is 358 g/mol. The molecule has 0 bridgehead atoms. The number of hydrogen-bond acceptors (Lipinski definition) is 4. The number of ketones is 1. The fraction of sp³-hybridized carbons (Fsp3) is 0.550. The number of carbonyl (C=O) groups is 3. The molecule has 1 saturated carbocycles. The third-order valence-corrected chi connectivity index (χ3v) is 5.33. The quantitative estimate of drug-likeness (QED) is 0.839. The van der Waals surface area contributed by atoms with E-state index in [1.807, 2.05) is 4.90 Å². The number of hydrogen-bond donors (Lipinski definition) is 1. The normalized spacial score (nSPS) is 23.3. The maximum Gasteiger partial charge on any atom is 0.227 e. The van der Waals surface area contributed by atoms with Crippen molar-refractivity contribution in [3.63, 3.8) is 0 Å². The molecule has 6 nitrogen and oxygen atoms in total. The van der Waals surface area contributed by atoms with Crippen LogP contribution in [-0.2, 0) is 14.3 Å². The lowest BCUT2D eigenvalue weighted by molar-refractivity contribution is -0.141. The third kappa shape index (κ3) is 4.49. The van der Waals surface area contributed by atoms with Gasteiger partial charge in [-0.1, -0.05) is 0 Å². The number of nitrogens with one attached hydrogen (secondary N) is 1. The number of carbonyl (C=O) groups excluding carboxylic acids is 3. The van der Waals surface area contributed by atoms with Crippen molar-refractivity contribution in [2.75, 3.05) is 31.6 Å². The number of rotatable bonds is 4. The second kappa shape index (κ2) is 8.45. The van der Waals surface area contributed by atoms with E-state index >= 15 is 0 Å². The Balaban J connectivity index is 1.48. The summed E-state index contributed by atoms with van der Waals surface area (Å²) in [6, 6.07) is 6.94. The Morgan fingerprint density at radius 3 is 2.12 bits per heavy atom. The highest BCUT2D eigenvalue weighted by Gasteiger charge is 2.32. The number of morpholine rings is 1. The predicted octanol–water partition coefficient (Wildman–Crippen LogP) is 2.49. The lowest BCUT2D eigenvalue weighted by atomic mass is 9.81. The Morgan fingerprint density at radius 2 is 1.54 bits per heavy atom. The molecule has 0 spiro atoms. The minimum Gasteiger partial charge on any atom is -0.378 e. The smallest absolute Gasteiger partial charge is 0.227 e. The molecule has 1 heterocycles. The molecule has 2 fully saturated rings. The van der Waals surface area contributed by atoms with E-state index in [4.69, 9.17) is 4.74 Å². The van der Waals surface area contributed by atoms with E-state index in [2.05, 4.69) is 5.32 Å². The molecule has 1 N–H and O–H groups in total. The molecule has 1 aromatic rings. The fourth-order valence-electron chi connectivity index (χ4n) is 3.68. The van der Waals surface area contributed by atoms with Gasteiger partial charge in [-0.05, 0) is 56.9 Å². The van der Waals surface area contributed by atoms with Gasteiger partial charge in [0.05, 0.1) is 13.2 Å². The summed E-state index contributed by atoms with van der Waals surface area (Å²) in [6.45, 7) is 4.10. The molecule has 0 aromatic heterocycles. The second-order valence-corrected chi connectivity index (χ2v) is 7.11. The lowest BCUT2D eigenvalue weighted by Gasteiger charge is -2.33. The Hall–Kier alpha value is -2.21. The zero-order chi connectivity index (χ0) is 18.5. The highest BCUT2D eigenvalue weighted by atomic mass is 16.5. The van der Waals surface area contributed by atoms with Crippen LogP contribution in [0.1, 0.15) is 43.0 Å². The van der Waals surface area contributed by atoms with E-state index in [0.29, 0.717) is 37.6 Å². The van der Waals surface area contributed by atoms with Crippen LogP contribution in [0.4, 0.5) is 5.69 Å². The fourth-order valence-corrected chi connectivity index (χ4v) is 3.68. The lowest BCUT2D eigenvalue weighted by Crippen LogP contribution is -2.44. The zero-order valence-electron chi connectivity index (χ0n) is 15.2. The first kappa shape index (κ1) is 18.6. The molecule has 1 aromatic carbocycles. The summed E-state index contributed by atoms with van der Waals surface area (Å²) in [5, 5.41) is 2.92. The van der Waals surface area contributed by atoms with Crippen molar-refractivity contribution in [3.8, 4) is 0 Å². The van der Waals surface area contributed by atoms with E-state index in [1.165, 1.54) is 6.92 Å². The Bertz CT molecular complexity index is 657. The molecule has 0 radical (unpaired) electrons. The molecule has 2 aliphatic rings. The van der Waals surface area contributed by atoms with Crippen molar-refractivity contribution >= 4 is 23.3 Å². The van der Waals surface area contributed by atoms with Gasteiger partial charge in [0, 0.05) is 36.2 Å². The van der Waals surface area contributed by atoms with Gasteiger partial charge >= 0.3 is 0 Å². The summed E-state index contributed by atoms with van der Waals surface area (Å²) in [5.41, 5.74) is 1.33. The first-order chi connectivity index (χ1) is 12.5. The number of Topliss-reactive ketones (excluding diaryl/α,β-unsaturated/α-hetero) is 1. The Labute approximate surface area is 153 Å². The first-order valence-electron chi connectivity index (χ1n) is 9.33. The maximum absolute atomic E-state index is 12.5. The topological polar surface area (TPSA) is 75.7 Å². The van der Waals surface area contributed by atoms with E-state index in [1.54, 1.807) is 24.3 Å². The molecule has 2 amide bonds. The number of anilines is 1. The van der Waals surface area contributed by atoms with E-state index in [-0.39, 0.29) is 29.4 Å². The number of ether oxygens (including phenoxy) is 1. The standard InChI is InChI=1S/C20H26N2O4/c1-14(23)15-6-8-18(9-7-15)21-19(24)16-2-4-17(5-3-16)20(25)22-10-12-26-13-11-22/h6-9,16-17H,2-5,10-13H2,1H3,(H,21,24). The Morgan fingerprint density at radius 1 is 0.962 bits per heavy atom. The van der Waals surface area contributed by atoms with Gasteiger partial charge in [-0.25, -0.2) is 0 Å². The number of benzene rings is 1. The summed E-state index contributed by atoms with van der Waals surface area (Å²) in [7, 11) is 0. The monoisotopic (exact) mass is 358 g/mol. The van der Waals surface area contributed by atoms with Gasteiger partial charge in [-0.2, -0.15) is 0 Å². The second-order valence-electron chi connectivity index (χ2n) is 7.11. The molecule has 0 atom stereocenters. The van der Waals surface area contributed by atoms with Crippen LogP contribution < -0.4 is 5.32 Å². The number of amides is 2. The van der Waals surface area contributed by atoms with E-state index in [0.717, 1.165) is 25.7 Å². The molecule has 1 aliphatic carbocycles. The molecule has 26 heavy (non-hydrogen) atoms. The van der Waals surface area contributed by atoms with Gasteiger partial charge in [0.15, 0.2) is 5.78 Å². The molecular weight excluding hydrogens is 332 g/mol. The molecule has 6 heteroatoms. The molecular formula is C20H26N2O4. The highest BCUT2D eigenvalue weighted by Crippen LogP contribution is 2.31. The summed E-state index contributed by atoms with van der Waals surface area (Å²) < 4.78 is 5.30.